The van der Waals surface area contributed by atoms with Gasteiger partial charge in [-0.25, -0.2) is 9.37 Å². The van der Waals surface area contributed by atoms with Gasteiger partial charge in [-0.1, -0.05) is 19.4 Å². The standard InChI is InChI=1S/C16H16F2N4O/c1-8-12(17)13-11-14(21-16(18)20-13)22-7-5-3-4-6-10(22)9(2)23-15(11)19-8/h10H,2-7H2,1H3/t10-/m0/s1. The van der Waals surface area contributed by atoms with E-state index >= 15 is 0 Å². The fourth-order valence-electron chi connectivity index (χ4n) is 3.38. The van der Waals surface area contributed by atoms with Crippen LogP contribution in [0.5, 0.6) is 5.88 Å². The molecule has 4 rings (SSSR count). The van der Waals surface area contributed by atoms with E-state index in [1.165, 1.54) is 6.92 Å². The van der Waals surface area contributed by atoms with Crippen LogP contribution in [0, 0.1) is 18.8 Å². The van der Waals surface area contributed by atoms with Crippen LogP contribution in [0.2, 0.25) is 0 Å². The monoisotopic (exact) mass is 318 g/mol. The van der Waals surface area contributed by atoms with E-state index in [0.717, 1.165) is 25.7 Å². The molecule has 2 aliphatic rings. The maximum Gasteiger partial charge on any atom is 0.311 e. The van der Waals surface area contributed by atoms with Gasteiger partial charge in [-0.2, -0.15) is 14.4 Å². The van der Waals surface area contributed by atoms with Crippen molar-refractivity contribution in [2.45, 2.75) is 38.6 Å². The zero-order valence-electron chi connectivity index (χ0n) is 12.8. The lowest BCUT2D eigenvalue weighted by Crippen LogP contribution is -2.37. The number of aryl methyl sites for hydroxylation is 1. The van der Waals surface area contributed by atoms with Gasteiger partial charge in [-0.15, -0.1) is 0 Å². The van der Waals surface area contributed by atoms with Crippen molar-refractivity contribution in [1.29, 1.82) is 0 Å². The average Bonchev–Trinajstić information content (AvgIpc) is 2.81. The maximum absolute atomic E-state index is 14.4. The smallest absolute Gasteiger partial charge is 0.311 e. The molecular weight excluding hydrogens is 302 g/mol. The van der Waals surface area contributed by atoms with Crippen LogP contribution in [0.3, 0.4) is 0 Å². The Labute approximate surface area is 132 Å². The summed E-state index contributed by atoms with van der Waals surface area (Å²) in [6, 6.07) is -0.118. The van der Waals surface area contributed by atoms with Crippen LogP contribution in [-0.4, -0.2) is 27.5 Å². The molecule has 0 radical (unpaired) electrons. The van der Waals surface area contributed by atoms with E-state index in [-0.39, 0.29) is 23.1 Å². The summed E-state index contributed by atoms with van der Waals surface area (Å²) >= 11 is 0. The summed E-state index contributed by atoms with van der Waals surface area (Å²) in [5.74, 6) is 0.435. The first kappa shape index (κ1) is 14.3. The fraction of sp³-hybridized carbons (Fsp3) is 0.438. The van der Waals surface area contributed by atoms with Crippen LogP contribution >= 0.6 is 0 Å². The van der Waals surface area contributed by atoms with E-state index in [4.69, 9.17) is 4.74 Å². The van der Waals surface area contributed by atoms with Crippen LogP contribution in [0.4, 0.5) is 14.6 Å². The third kappa shape index (κ3) is 2.14. The van der Waals surface area contributed by atoms with Crippen molar-refractivity contribution in [2.75, 3.05) is 11.4 Å². The zero-order valence-corrected chi connectivity index (χ0v) is 12.8. The lowest BCUT2D eigenvalue weighted by molar-refractivity contribution is 0.367. The van der Waals surface area contributed by atoms with Gasteiger partial charge in [-0.05, 0) is 19.8 Å². The second-order valence-electron chi connectivity index (χ2n) is 5.98. The minimum Gasteiger partial charge on any atom is -0.441 e. The second-order valence-corrected chi connectivity index (χ2v) is 5.98. The molecule has 2 aliphatic heterocycles. The molecule has 120 valence electrons. The van der Waals surface area contributed by atoms with E-state index in [1.54, 1.807) is 0 Å². The third-order valence-corrected chi connectivity index (χ3v) is 4.50. The van der Waals surface area contributed by atoms with Gasteiger partial charge in [0.25, 0.3) is 0 Å². The number of hydrogen-bond acceptors (Lipinski definition) is 5. The number of pyridine rings is 1. The molecule has 0 spiro atoms. The molecule has 2 aromatic heterocycles. The van der Waals surface area contributed by atoms with E-state index < -0.39 is 11.9 Å². The minimum atomic E-state index is -0.946. The summed E-state index contributed by atoms with van der Waals surface area (Å²) in [6.45, 7) is 6.19. The molecule has 4 heterocycles. The number of aromatic nitrogens is 3. The third-order valence-electron chi connectivity index (χ3n) is 4.50. The predicted octanol–water partition coefficient (Wildman–Crippen LogP) is 3.27. The topological polar surface area (TPSA) is 51.1 Å². The largest absolute Gasteiger partial charge is 0.441 e. The SMILES string of the molecule is C=C1Oc2nc(C)c(F)c3nc(F)nc(c23)N2CCCCC[C@@H]12. The van der Waals surface area contributed by atoms with Crippen LogP contribution in [-0.2, 0) is 0 Å². The number of hydrogen-bond donors (Lipinski definition) is 0. The summed E-state index contributed by atoms with van der Waals surface area (Å²) in [6.07, 6.45) is 2.94. The second kappa shape index (κ2) is 5.11. The number of fused-ring (bicyclic) bond motifs is 2. The highest BCUT2D eigenvalue weighted by Gasteiger charge is 2.34. The van der Waals surface area contributed by atoms with E-state index in [0.29, 0.717) is 23.5 Å². The van der Waals surface area contributed by atoms with Gasteiger partial charge >= 0.3 is 6.08 Å². The Kier molecular flexibility index (Phi) is 3.18. The Morgan fingerprint density at radius 3 is 2.83 bits per heavy atom. The molecule has 2 aromatic rings. The highest BCUT2D eigenvalue weighted by Crippen LogP contribution is 2.40. The Bertz CT molecular complexity index is 824. The van der Waals surface area contributed by atoms with Gasteiger partial charge in [0.15, 0.2) is 5.82 Å². The van der Waals surface area contributed by atoms with Gasteiger partial charge < -0.3 is 9.64 Å². The normalized spacial score (nSPS) is 20.7. The molecule has 0 bridgehead atoms. The van der Waals surface area contributed by atoms with Crippen molar-refractivity contribution in [2.24, 2.45) is 0 Å². The average molecular weight is 318 g/mol. The summed E-state index contributed by atoms with van der Waals surface area (Å²) in [4.78, 5) is 13.7. The van der Waals surface area contributed by atoms with Crippen molar-refractivity contribution in [1.82, 2.24) is 15.0 Å². The highest BCUT2D eigenvalue weighted by molar-refractivity contribution is 5.95. The van der Waals surface area contributed by atoms with E-state index in [2.05, 4.69) is 21.5 Å². The molecule has 1 atom stereocenters. The number of halogens is 2. The van der Waals surface area contributed by atoms with Gasteiger partial charge in [0.2, 0.25) is 5.88 Å². The first-order valence-electron chi connectivity index (χ1n) is 7.73. The number of anilines is 1. The Balaban J connectivity index is 2.06. The molecule has 0 aromatic carbocycles. The van der Waals surface area contributed by atoms with Crippen molar-refractivity contribution in [3.8, 4) is 5.88 Å². The number of nitrogens with zero attached hydrogens (tertiary/aromatic N) is 4. The molecule has 23 heavy (non-hydrogen) atoms. The molecule has 0 N–H and O–H groups in total. The molecule has 1 fully saturated rings. The molecule has 0 aliphatic carbocycles. The number of ether oxygens (including phenoxy) is 1. The summed E-state index contributed by atoms with van der Waals surface area (Å²) in [7, 11) is 0. The van der Waals surface area contributed by atoms with Crippen molar-refractivity contribution in [3.05, 3.63) is 29.9 Å². The van der Waals surface area contributed by atoms with Crippen molar-refractivity contribution < 1.29 is 13.5 Å². The van der Waals surface area contributed by atoms with E-state index in [9.17, 15) is 8.78 Å². The summed E-state index contributed by atoms with van der Waals surface area (Å²) < 4.78 is 34.2. The number of rotatable bonds is 0. The van der Waals surface area contributed by atoms with Gasteiger partial charge in [0.1, 0.15) is 22.5 Å². The van der Waals surface area contributed by atoms with Gasteiger partial charge in [-0.3, -0.25) is 0 Å². The molecular formula is C16H16F2N4O. The quantitative estimate of drug-likeness (QED) is 0.698. The van der Waals surface area contributed by atoms with Crippen LogP contribution in [0.1, 0.15) is 31.4 Å². The Morgan fingerprint density at radius 1 is 1.17 bits per heavy atom. The Hall–Kier alpha value is -2.31. The van der Waals surface area contributed by atoms with Crippen molar-refractivity contribution >= 4 is 16.7 Å². The minimum absolute atomic E-state index is 0.0901. The lowest BCUT2D eigenvalue weighted by Gasteiger charge is -2.29. The molecule has 5 nitrogen and oxygen atoms in total. The summed E-state index contributed by atoms with van der Waals surface area (Å²) in [5, 5.41) is 0.319. The first-order valence-corrected chi connectivity index (χ1v) is 7.73. The first-order chi connectivity index (χ1) is 11.1. The molecule has 0 unspecified atom stereocenters. The lowest BCUT2D eigenvalue weighted by atomic mass is 10.1. The maximum atomic E-state index is 14.4. The molecule has 7 heteroatoms. The van der Waals surface area contributed by atoms with E-state index in [1.807, 2.05) is 4.90 Å². The van der Waals surface area contributed by atoms with Crippen molar-refractivity contribution in [3.63, 3.8) is 0 Å². The van der Waals surface area contributed by atoms with Crippen LogP contribution in [0.15, 0.2) is 12.3 Å². The van der Waals surface area contributed by atoms with Gasteiger partial charge in [0.05, 0.1) is 11.7 Å². The highest BCUT2D eigenvalue weighted by atomic mass is 19.1. The molecule has 0 amide bonds. The van der Waals surface area contributed by atoms with Crippen LogP contribution < -0.4 is 9.64 Å². The Morgan fingerprint density at radius 2 is 2.00 bits per heavy atom. The van der Waals surface area contributed by atoms with Gasteiger partial charge in [0, 0.05) is 6.54 Å². The summed E-state index contributed by atoms with van der Waals surface area (Å²) in [5.41, 5.74) is 0.0224. The molecule has 1 saturated heterocycles. The zero-order chi connectivity index (χ0) is 16.1. The van der Waals surface area contributed by atoms with Crippen LogP contribution in [0.25, 0.3) is 10.9 Å². The molecule has 0 saturated carbocycles. The predicted molar refractivity (Wildman–Crippen MR) is 81.4 cm³/mol. The fourth-order valence-corrected chi connectivity index (χ4v) is 3.38.